The largest absolute Gasteiger partial charge is 0.396 e. The second-order valence-corrected chi connectivity index (χ2v) is 5.51. The van der Waals surface area contributed by atoms with Gasteiger partial charge in [0.05, 0.1) is 11.9 Å². The number of rotatable bonds is 4. The highest BCUT2D eigenvalue weighted by molar-refractivity contribution is 7.99. The van der Waals surface area contributed by atoms with Gasteiger partial charge in [0.1, 0.15) is 5.69 Å². The van der Waals surface area contributed by atoms with E-state index in [1.54, 1.807) is 7.05 Å². The average Bonchev–Trinajstić information content (AvgIpc) is 2.70. The number of thioether (sulfide) groups is 1. The zero-order valence-electron chi connectivity index (χ0n) is 10.6. The predicted octanol–water partition coefficient (Wildman–Crippen LogP) is -0.219. The van der Waals surface area contributed by atoms with Gasteiger partial charge >= 0.3 is 0 Å². The number of carbonyl (C=O) groups is 1. The second kappa shape index (κ2) is 6.10. The number of anilines is 1. The van der Waals surface area contributed by atoms with Gasteiger partial charge in [0.2, 0.25) is 0 Å². The molecule has 1 amide bonds. The van der Waals surface area contributed by atoms with E-state index < -0.39 is 0 Å². The smallest absolute Gasteiger partial charge is 0.271 e. The zero-order valence-corrected chi connectivity index (χ0v) is 11.4. The average molecular weight is 269 g/mol. The number of aromatic nitrogens is 2. The Bertz CT molecular complexity index is 394. The topological polar surface area (TPSA) is 76.2 Å². The number of nitrogens with two attached hydrogens (primary N) is 1. The molecule has 1 aromatic heterocycles. The van der Waals surface area contributed by atoms with E-state index in [1.807, 2.05) is 11.8 Å². The number of carbonyl (C=O) groups excluding carboxylic acids is 1. The third kappa shape index (κ3) is 3.17. The third-order valence-corrected chi connectivity index (χ3v) is 3.94. The molecule has 0 saturated carbocycles. The van der Waals surface area contributed by atoms with Crippen LogP contribution in [0.1, 0.15) is 10.5 Å². The van der Waals surface area contributed by atoms with Crippen molar-refractivity contribution in [2.24, 2.45) is 7.05 Å². The first kappa shape index (κ1) is 13.2. The lowest BCUT2D eigenvalue weighted by molar-refractivity contribution is 0.0940. The van der Waals surface area contributed by atoms with E-state index >= 15 is 0 Å². The Kier molecular flexibility index (Phi) is 4.48. The molecule has 1 saturated heterocycles. The first-order valence-corrected chi connectivity index (χ1v) is 7.19. The maximum absolute atomic E-state index is 11.9. The van der Waals surface area contributed by atoms with Crippen molar-refractivity contribution in [1.29, 1.82) is 0 Å². The molecule has 0 atom stereocenters. The summed E-state index contributed by atoms with van der Waals surface area (Å²) in [6, 6.07) is 0. The monoisotopic (exact) mass is 269 g/mol. The Morgan fingerprint density at radius 3 is 2.89 bits per heavy atom. The molecule has 0 radical (unpaired) electrons. The Labute approximate surface area is 111 Å². The van der Waals surface area contributed by atoms with Crippen LogP contribution in [0.3, 0.4) is 0 Å². The maximum Gasteiger partial charge on any atom is 0.271 e. The van der Waals surface area contributed by atoms with E-state index in [0.29, 0.717) is 17.9 Å². The Morgan fingerprint density at radius 2 is 2.28 bits per heavy atom. The summed E-state index contributed by atoms with van der Waals surface area (Å²) in [5.74, 6) is 2.21. The van der Waals surface area contributed by atoms with Gasteiger partial charge < -0.3 is 11.1 Å². The number of hydrogen-bond donors (Lipinski definition) is 2. The van der Waals surface area contributed by atoms with Crippen LogP contribution in [0.15, 0.2) is 6.20 Å². The van der Waals surface area contributed by atoms with Crippen molar-refractivity contribution in [2.45, 2.75) is 0 Å². The highest BCUT2D eigenvalue weighted by Crippen LogP contribution is 2.09. The Hall–Kier alpha value is -1.21. The number of nitrogens with one attached hydrogen (secondary N) is 1. The second-order valence-electron chi connectivity index (χ2n) is 4.28. The minimum absolute atomic E-state index is 0.154. The van der Waals surface area contributed by atoms with Crippen LogP contribution in [0, 0.1) is 0 Å². The molecular formula is C11H19N5OS. The fourth-order valence-corrected chi connectivity index (χ4v) is 2.95. The molecular weight excluding hydrogens is 250 g/mol. The fraction of sp³-hybridized carbons (Fsp3) is 0.636. The summed E-state index contributed by atoms with van der Waals surface area (Å²) in [6.07, 6.45) is 1.50. The summed E-state index contributed by atoms with van der Waals surface area (Å²) < 4.78 is 1.50. The van der Waals surface area contributed by atoms with Crippen molar-refractivity contribution in [3.05, 3.63) is 11.9 Å². The van der Waals surface area contributed by atoms with E-state index in [9.17, 15) is 4.79 Å². The summed E-state index contributed by atoms with van der Waals surface area (Å²) in [4.78, 5) is 14.3. The summed E-state index contributed by atoms with van der Waals surface area (Å²) in [7, 11) is 1.72. The van der Waals surface area contributed by atoms with Gasteiger partial charge in [0.15, 0.2) is 0 Å². The predicted molar refractivity (Wildman–Crippen MR) is 73.7 cm³/mol. The first-order valence-electron chi connectivity index (χ1n) is 6.04. The van der Waals surface area contributed by atoms with Gasteiger partial charge in [0, 0.05) is 44.7 Å². The van der Waals surface area contributed by atoms with E-state index in [2.05, 4.69) is 15.3 Å². The Balaban J connectivity index is 1.78. The molecule has 1 aliphatic heterocycles. The van der Waals surface area contributed by atoms with Gasteiger partial charge in [-0.05, 0) is 0 Å². The lowest BCUT2D eigenvalue weighted by Gasteiger charge is -2.25. The van der Waals surface area contributed by atoms with Gasteiger partial charge in [0.25, 0.3) is 5.91 Å². The number of hydrogen-bond acceptors (Lipinski definition) is 5. The molecule has 100 valence electrons. The van der Waals surface area contributed by atoms with E-state index in [1.165, 1.54) is 22.4 Å². The molecule has 1 aromatic rings. The van der Waals surface area contributed by atoms with Crippen molar-refractivity contribution in [3.63, 3.8) is 0 Å². The van der Waals surface area contributed by atoms with E-state index in [4.69, 9.17) is 5.73 Å². The number of nitrogen functional groups attached to an aromatic ring is 1. The standard InChI is InChI=1S/C11H19N5OS/c1-15-10(9(12)8-14-15)11(17)13-2-3-16-4-6-18-7-5-16/h8H,2-7,12H2,1H3,(H,13,17). The SMILES string of the molecule is Cn1ncc(N)c1C(=O)NCCN1CCSCC1. The van der Waals surface area contributed by atoms with Gasteiger partial charge in [-0.3, -0.25) is 14.4 Å². The van der Waals surface area contributed by atoms with Crippen molar-refractivity contribution >= 4 is 23.4 Å². The minimum Gasteiger partial charge on any atom is -0.396 e. The van der Waals surface area contributed by atoms with Gasteiger partial charge in [-0.15, -0.1) is 0 Å². The van der Waals surface area contributed by atoms with Crippen LogP contribution in [-0.2, 0) is 7.05 Å². The van der Waals surface area contributed by atoms with E-state index in [-0.39, 0.29) is 5.91 Å². The summed E-state index contributed by atoms with van der Waals surface area (Å²) in [5.41, 5.74) is 6.55. The number of amides is 1. The van der Waals surface area contributed by atoms with Crippen LogP contribution >= 0.6 is 11.8 Å². The zero-order chi connectivity index (χ0) is 13.0. The van der Waals surface area contributed by atoms with Crippen molar-refractivity contribution in [1.82, 2.24) is 20.0 Å². The molecule has 1 aliphatic rings. The Morgan fingerprint density at radius 1 is 1.56 bits per heavy atom. The minimum atomic E-state index is -0.154. The quantitative estimate of drug-likeness (QED) is 0.790. The van der Waals surface area contributed by atoms with Gasteiger partial charge in [-0.1, -0.05) is 0 Å². The van der Waals surface area contributed by atoms with Gasteiger partial charge in [-0.2, -0.15) is 16.9 Å². The maximum atomic E-state index is 11.9. The normalized spacial score (nSPS) is 16.7. The van der Waals surface area contributed by atoms with Crippen LogP contribution < -0.4 is 11.1 Å². The number of nitrogens with zero attached hydrogens (tertiary/aromatic N) is 3. The highest BCUT2D eigenvalue weighted by Gasteiger charge is 2.15. The van der Waals surface area contributed by atoms with Crippen LogP contribution in [-0.4, -0.2) is 58.3 Å². The lowest BCUT2D eigenvalue weighted by atomic mass is 10.3. The van der Waals surface area contributed by atoms with Crippen LogP contribution in [0.25, 0.3) is 0 Å². The third-order valence-electron chi connectivity index (χ3n) is 3.00. The van der Waals surface area contributed by atoms with Crippen molar-refractivity contribution < 1.29 is 4.79 Å². The van der Waals surface area contributed by atoms with Gasteiger partial charge in [-0.25, -0.2) is 0 Å². The highest BCUT2D eigenvalue weighted by atomic mass is 32.2. The van der Waals surface area contributed by atoms with E-state index in [0.717, 1.165) is 19.6 Å². The lowest BCUT2D eigenvalue weighted by Crippen LogP contribution is -2.39. The fourth-order valence-electron chi connectivity index (χ4n) is 1.97. The van der Waals surface area contributed by atoms with Crippen LogP contribution in [0.5, 0.6) is 0 Å². The van der Waals surface area contributed by atoms with Crippen LogP contribution in [0.2, 0.25) is 0 Å². The molecule has 0 aromatic carbocycles. The molecule has 0 aliphatic carbocycles. The first-order chi connectivity index (χ1) is 8.68. The molecule has 18 heavy (non-hydrogen) atoms. The molecule has 2 heterocycles. The molecule has 6 nitrogen and oxygen atoms in total. The van der Waals surface area contributed by atoms with Crippen LogP contribution in [0.4, 0.5) is 5.69 Å². The molecule has 1 fully saturated rings. The summed E-state index contributed by atoms with van der Waals surface area (Å²) >= 11 is 1.98. The summed E-state index contributed by atoms with van der Waals surface area (Å²) in [6.45, 7) is 3.75. The van der Waals surface area contributed by atoms with Crippen molar-refractivity contribution in [3.8, 4) is 0 Å². The van der Waals surface area contributed by atoms with Crippen molar-refractivity contribution in [2.75, 3.05) is 43.4 Å². The molecule has 0 unspecified atom stereocenters. The number of aryl methyl sites for hydroxylation is 1. The molecule has 0 spiro atoms. The molecule has 0 bridgehead atoms. The molecule has 7 heteroatoms. The molecule has 3 N–H and O–H groups in total. The molecule has 2 rings (SSSR count). The summed E-state index contributed by atoms with van der Waals surface area (Å²) in [5, 5.41) is 6.84.